The summed E-state index contributed by atoms with van der Waals surface area (Å²) in [4.78, 5) is 25.4. The molecule has 0 bridgehead atoms. The molecule has 88 valence electrons. The Labute approximate surface area is 94.2 Å². The molecule has 8 nitrogen and oxygen atoms in total. The van der Waals surface area contributed by atoms with Crippen LogP contribution in [0.25, 0.3) is 0 Å². The summed E-state index contributed by atoms with van der Waals surface area (Å²) in [5.41, 5.74) is 3.68. The Balaban J connectivity index is 2.72. The predicted octanol–water partition coefficient (Wildman–Crippen LogP) is -1.30. The van der Waals surface area contributed by atoms with Crippen LogP contribution in [0.15, 0.2) is 19.9 Å². The highest BCUT2D eigenvalue weighted by molar-refractivity contribution is 7.99. The van der Waals surface area contributed by atoms with Crippen LogP contribution in [0.1, 0.15) is 6.42 Å². The van der Waals surface area contributed by atoms with Crippen molar-refractivity contribution in [1.82, 2.24) is 14.8 Å². The lowest BCUT2D eigenvalue weighted by Gasteiger charge is -2.04. The van der Waals surface area contributed by atoms with Crippen LogP contribution in [0, 0.1) is 0 Å². The first kappa shape index (κ1) is 12.3. The summed E-state index contributed by atoms with van der Waals surface area (Å²) in [5.74, 6) is 0.587. The van der Waals surface area contributed by atoms with Crippen molar-refractivity contribution in [1.29, 1.82) is 0 Å². The molecule has 1 aromatic rings. The van der Waals surface area contributed by atoms with Crippen molar-refractivity contribution >= 4 is 17.6 Å². The zero-order chi connectivity index (χ0) is 12.1. The van der Waals surface area contributed by atoms with E-state index in [1.54, 1.807) is 7.05 Å². The summed E-state index contributed by atoms with van der Waals surface area (Å²) in [7, 11) is 1.57. The molecule has 0 aliphatic carbocycles. The Hall–Kier alpha value is -1.77. The average Bonchev–Trinajstić information content (AvgIpc) is 2.25. The maximum Gasteiger partial charge on any atom is 0.339 e. The van der Waals surface area contributed by atoms with Crippen LogP contribution in [0.3, 0.4) is 0 Å². The first-order valence-corrected chi connectivity index (χ1v) is 5.29. The van der Waals surface area contributed by atoms with Crippen molar-refractivity contribution in [3.8, 4) is 0 Å². The average molecular weight is 245 g/mol. The number of aromatic amines is 1. The van der Waals surface area contributed by atoms with Crippen molar-refractivity contribution in [3.63, 3.8) is 0 Å². The van der Waals surface area contributed by atoms with Crippen LogP contribution in [0.4, 0.5) is 0 Å². The fraction of sp³-hybridized carbons (Fsp3) is 0.429. The normalized spacial score (nSPS) is 11.7. The van der Waals surface area contributed by atoms with E-state index in [-0.39, 0.29) is 5.84 Å². The highest BCUT2D eigenvalue weighted by Gasteiger charge is 2.04. The molecule has 1 aromatic heterocycles. The molecule has 0 fully saturated rings. The highest BCUT2D eigenvalue weighted by atomic mass is 32.2. The molecule has 0 atom stereocenters. The minimum atomic E-state index is -0.829. The Morgan fingerprint density at radius 3 is 3.00 bits per heavy atom. The molecule has 1 rings (SSSR count). The highest BCUT2D eigenvalue weighted by Crippen LogP contribution is 2.11. The van der Waals surface area contributed by atoms with Crippen LogP contribution in [-0.2, 0) is 7.05 Å². The molecule has 1 heterocycles. The van der Waals surface area contributed by atoms with Gasteiger partial charge in [0.2, 0.25) is 0 Å². The van der Waals surface area contributed by atoms with E-state index in [0.29, 0.717) is 17.3 Å². The number of hydrogen-bond donors (Lipinski definition) is 3. The van der Waals surface area contributed by atoms with Gasteiger partial charge < -0.3 is 10.9 Å². The number of hydrogen-bond acceptors (Lipinski definition) is 6. The van der Waals surface area contributed by atoms with Gasteiger partial charge in [-0.1, -0.05) is 16.9 Å². The number of amidine groups is 1. The summed E-state index contributed by atoms with van der Waals surface area (Å²) in [6.07, 6.45) is 0.357. The number of nitrogens with two attached hydrogens (primary N) is 1. The van der Waals surface area contributed by atoms with Gasteiger partial charge in [0.1, 0.15) is 5.84 Å². The molecular formula is C7H11N5O3S. The summed E-state index contributed by atoms with van der Waals surface area (Å²) in [6.45, 7) is 0. The Morgan fingerprint density at radius 1 is 1.69 bits per heavy atom. The van der Waals surface area contributed by atoms with Gasteiger partial charge in [0.25, 0.3) is 0 Å². The van der Waals surface area contributed by atoms with Gasteiger partial charge in [-0.05, 0) is 0 Å². The van der Waals surface area contributed by atoms with Gasteiger partial charge in [-0.2, -0.15) is 4.98 Å². The lowest BCUT2D eigenvalue weighted by molar-refractivity contribution is 0.317. The largest absolute Gasteiger partial charge is 0.409 e. The number of nitrogens with zero attached hydrogens (tertiary/aromatic N) is 3. The number of thioether (sulfide) groups is 1. The van der Waals surface area contributed by atoms with E-state index in [2.05, 4.69) is 15.2 Å². The van der Waals surface area contributed by atoms with Crippen LogP contribution in [0.5, 0.6) is 0 Å². The second kappa shape index (κ2) is 5.35. The van der Waals surface area contributed by atoms with Crippen LogP contribution in [-0.4, -0.2) is 31.6 Å². The van der Waals surface area contributed by atoms with Gasteiger partial charge in [0, 0.05) is 19.2 Å². The first-order valence-electron chi connectivity index (χ1n) is 4.31. The summed E-state index contributed by atoms with van der Waals surface area (Å²) in [6, 6.07) is 0. The van der Waals surface area contributed by atoms with Gasteiger partial charge in [0.15, 0.2) is 5.16 Å². The molecule has 0 saturated carbocycles. The van der Waals surface area contributed by atoms with Crippen LogP contribution in [0.2, 0.25) is 0 Å². The van der Waals surface area contributed by atoms with E-state index in [0.717, 1.165) is 0 Å². The van der Waals surface area contributed by atoms with Crippen LogP contribution >= 0.6 is 11.8 Å². The van der Waals surface area contributed by atoms with Gasteiger partial charge in [-0.15, -0.1) is 0 Å². The molecule has 9 heteroatoms. The quantitative estimate of drug-likeness (QED) is 0.151. The number of aromatic nitrogens is 3. The first-order chi connectivity index (χ1) is 7.54. The van der Waals surface area contributed by atoms with Crippen molar-refractivity contribution in [3.05, 3.63) is 20.7 Å². The zero-order valence-corrected chi connectivity index (χ0v) is 9.32. The summed E-state index contributed by atoms with van der Waals surface area (Å²) >= 11 is 1.22. The smallest absolute Gasteiger partial charge is 0.339 e. The number of rotatable bonds is 4. The monoisotopic (exact) mass is 245 g/mol. The maximum atomic E-state index is 11.0. The molecule has 0 aliphatic heterocycles. The van der Waals surface area contributed by atoms with Gasteiger partial charge in [0.05, 0.1) is 0 Å². The number of oxime groups is 1. The van der Waals surface area contributed by atoms with E-state index in [9.17, 15) is 9.59 Å². The lowest BCUT2D eigenvalue weighted by atomic mass is 10.5. The maximum absolute atomic E-state index is 11.0. The standard InChI is InChI=1S/C7H11N5O3S/c1-12-7(9-5(13)6(14)10-12)16-3-2-4(8)11-15/h15H,2-3H2,1H3,(H2,8,11)(H,10,14). The number of H-pyrrole nitrogens is 1. The minimum absolute atomic E-state index is 0.0990. The molecule has 16 heavy (non-hydrogen) atoms. The second-order valence-electron chi connectivity index (χ2n) is 2.89. The third-order valence-electron chi connectivity index (χ3n) is 1.67. The Kier molecular flexibility index (Phi) is 4.11. The molecule has 0 unspecified atom stereocenters. The summed E-state index contributed by atoms with van der Waals surface area (Å²) in [5, 5.41) is 13.8. The molecule has 0 amide bonds. The molecule has 0 aromatic carbocycles. The molecular weight excluding hydrogens is 234 g/mol. The second-order valence-corrected chi connectivity index (χ2v) is 3.95. The predicted molar refractivity (Wildman–Crippen MR) is 58.8 cm³/mol. The third kappa shape index (κ3) is 3.12. The van der Waals surface area contributed by atoms with E-state index < -0.39 is 11.1 Å². The fourth-order valence-electron chi connectivity index (χ4n) is 0.887. The Morgan fingerprint density at radius 2 is 2.38 bits per heavy atom. The van der Waals surface area contributed by atoms with Crippen molar-refractivity contribution in [2.45, 2.75) is 11.6 Å². The topological polar surface area (TPSA) is 126 Å². The van der Waals surface area contributed by atoms with Crippen molar-refractivity contribution in [2.75, 3.05) is 5.75 Å². The number of nitrogens with one attached hydrogen (secondary N) is 1. The van der Waals surface area contributed by atoms with Gasteiger partial charge >= 0.3 is 11.1 Å². The SMILES string of the molecule is Cn1[nH]c(=O)c(=O)nc1SCCC(N)=NO. The Bertz CT molecular complexity index is 505. The zero-order valence-electron chi connectivity index (χ0n) is 8.51. The molecule has 0 spiro atoms. The minimum Gasteiger partial charge on any atom is -0.409 e. The van der Waals surface area contributed by atoms with Crippen molar-refractivity contribution in [2.24, 2.45) is 17.9 Å². The van der Waals surface area contributed by atoms with E-state index in [1.165, 1.54) is 16.4 Å². The van der Waals surface area contributed by atoms with Gasteiger partial charge in [-0.3, -0.25) is 19.4 Å². The molecule has 0 radical (unpaired) electrons. The van der Waals surface area contributed by atoms with E-state index in [1.807, 2.05) is 0 Å². The summed E-state index contributed by atoms with van der Waals surface area (Å²) < 4.78 is 1.35. The van der Waals surface area contributed by atoms with Crippen molar-refractivity contribution < 1.29 is 5.21 Å². The number of aryl methyl sites for hydroxylation is 1. The van der Waals surface area contributed by atoms with Crippen LogP contribution < -0.4 is 16.9 Å². The van der Waals surface area contributed by atoms with E-state index >= 15 is 0 Å². The molecule has 4 N–H and O–H groups in total. The molecule has 0 saturated heterocycles. The fourth-order valence-corrected chi connectivity index (χ4v) is 1.77. The van der Waals surface area contributed by atoms with E-state index in [4.69, 9.17) is 10.9 Å². The lowest BCUT2D eigenvalue weighted by Crippen LogP contribution is -2.33. The molecule has 0 aliphatic rings. The van der Waals surface area contributed by atoms with Gasteiger partial charge in [-0.25, -0.2) is 0 Å². The third-order valence-corrected chi connectivity index (χ3v) is 2.70.